The van der Waals surface area contributed by atoms with Crippen LogP contribution in [0.3, 0.4) is 0 Å². The van der Waals surface area contributed by atoms with Crippen LogP contribution in [0.5, 0.6) is 0 Å². The first-order valence-corrected chi connectivity index (χ1v) is 5.13. The van der Waals surface area contributed by atoms with Crippen molar-refractivity contribution in [2.24, 2.45) is 12.8 Å². The zero-order chi connectivity index (χ0) is 10.6. The molecule has 1 heterocycles. The van der Waals surface area contributed by atoms with Crippen molar-refractivity contribution >= 4 is 5.82 Å². The molecule has 14 heavy (non-hydrogen) atoms. The number of hydrogen-bond donors (Lipinski definition) is 2. The number of aryl methyl sites for hydroxylation is 2. The Morgan fingerprint density at radius 1 is 1.64 bits per heavy atom. The fraction of sp³-hybridized carbons (Fsp3) is 0.700. The molecule has 80 valence electrons. The van der Waals surface area contributed by atoms with Crippen LogP contribution in [0.2, 0.25) is 0 Å². The molecule has 0 saturated carbocycles. The SMILES string of the molecule is CCC(N)CCNc1cc(C)nn1C. The Kier molecular flexibility index (Phi) is 3.95. The van der Waals surface area contributed by atoms with E-state index in [0.717, 1.165) is 30.9 Å². The van der Waals surface area contributed by atoms with Gasteiger partial charge in [-0.05, 0) is 19.8 Å². The Hall–Kier alpha value is -1.03. The molecule has 0 bridgehead atoms. The first-order valence-electron chi connectivity index (χ1n) is 5.13. The molecule has 0 saturated heterocycles. The summed E-state index contributed by atoms with van der Waals surface area (Å²) >= 11 is 0. The largest absolute Gasteiger partial charge is 0.370 e. The Balaban J connectivity index is 2.34. The van der Waals surface area contributed by atoms with Crippen molar-refractivity contribution in [1.82, 2.24) is 9.78 Å². The smallest absolute Gasteiger partial charge is 0.124 e. The van der Waals surface area contributed by atoms with Crippen molar-refractivity contribution in [1.29, 1.82) is 0 Å². The van der Waals surface area contributed by atoms with Crippen LogP contribution in [0.15, 0.2) is 6.07 Å². The molecule has 1 aromatic heterocycles. The molecule has 0 aliphatic heterocycles. The molecule has 3 N–H and O–H groups in total. The molecular weight excluding hydrogens is 176 g/mol. The lowest BCUT2D eigenvalue weighted by Gasteiger charge is -2.10. The lowest BCUT2D eigenvalue weighted by atomic mass is 10.2. The average molecular weight is 196 g/mol. The minimum atomic E-state index is 0.303. The van der Waals surface area contributed by atoms with Crippen LogP contribution in [-0.4, -0.2) is 22.4 Å². The number of nitrogens with one attached hydrogen (secondary N) is 1. The lowest BCUT2D eigenvalue weighted by molar-refractivity contribution is 0.611. The first kappa shape index (κ1) is 11.0. The van der Waals surface area contributed by atoms with Crippen LogP contribution in [0.25, 0.3) is 0 Å². The minimum Gasteiger partial charge on any atom is -0.370 e. The van der Waals surface area contributed by atoms with Gasteiger partial charge in [0.2, 0.25) is 0 Å². The summed E-state index contributed by atoms with van der Waals surface area (Å²) in [6.07, 6.45) is 2.03. The third kappa shape index (κ3) is 3.03. The molecule has 0 aliphatic rings. The van der Waals surface area contributed by atoms with E-state index in [2.05, 4.69) is 17.3 Å². The van der Waals surface area contributed by atoms with E-state index in [4.69, 9.17) is 5.73 Å². The summed E-state index contributed by atoms with van der Waals surface area (Å²) in [6, 6.07) is 2.34. The fourth-order valence-electron chi connectivity index (χ4n) is 1.37. The molecule has 0 amide bonds. The lowest BCUT2D eigenvalue weighted by Crippen LogP contribution is -2.22. The molecule has 1 unspecified atom stereocenters. The highest BCUT2D eigenvalue weighted by atomic mass is 15.3. The number of hydrogen-bond acceptors (Lipinski definition) is 3. The standard InChI is InChI=1S/C10H20N4/c1-4-9(11)5-6-12-10-7-8(2)13-14(10)3/h7,9,12H,4-6,11H2,1-3H3. The summed E-state index contributed by atoms with van der Waals surface area (Å²) in [7, 11) is 1.94. The molecule has 0 radical (unpaired) electrons. The van der Waals surface area contributed by atoms with Crippen molar-refractivity contribution in [3.63, 3.8) is 0 Å². The zero-order valence-electron chi connectivity index (χ0n) is 9.25. The van der Waals surface area contributed by atoms with Crippen molar-refractivity contribution in [2.45, 2.75) is 32.7 Å². The molecule has 0 aliphatic carbocycles. The third-order valence-electron chi connectivity index (χ3n) is 2.35. The molecular formula is C10H20N4. The maximum absolute atomic E-state index is 5.82. The van der Waals surface area contributed by atoms with E-state index in [-0.39, 0.29) is 0 Å². The van der Waals surface area contributed by atoms with E-state index >= 15 is 0 Å². The zero-order valence-corrected chi connectivity index (χ0v) is 9.25. The van der Waals surface area contributed by atoms with Gasteiger partial charge in [-0.2, -0.15) is 5.10 Å². The van der Waals surface area contributed by atoms with Crippen LogP contribution in [-0.2, 0) is 7.05 Å². The van der Waals surface area contributed by atoms with E-state index in [0.29, 0.717) is 6.04 Å². The second kappa shape index (κ2) is 5.00. The van der Waals surface area contributed by atoms with Gasteiger partial charge in [-0.1, -0.05) is 6.92 Å². The van der Waals surface area contributed by atoms with Crippen LogP contribution < -0.4 is 11.1 Å². The monoisotopic (exact) mass is 196 g/mol. The second-order valence-corrected chi connectivity index (χ2v) is 3.68. The first-order chi connectivity index (χ1) is 6.63. The van der Waals surface area contributed by atoms with E-state index < -0.39 is 0 Å². The normalized spacial score (nSPS) is 12.9. The van der Waals surface area contributed by atoms with Gasteiger partial charge in [0.25, 0.3) is 0 Å². The highest BCUT2D eigenvalue weighted by molar-refractivity contribution is 5.36. The quantitative estimate of drug-likeness (QED) is 0.745. The van der Waals surface area contributed by atoms with Crippen molar-refractivity contribution < 1.29 is 0 Å². The Morgan fingerprint density at radius 3 is 2.86 bits per heavy atom. The number of anilines is 1. The van der Waals surface area contributed by atoms with Crippen LogP contribution >= 0.6 is 0 Å². The second-order valence-electron chi connectivity index (χ2n) is 3.68. The van der Waals surface area contributed by atoms with Crippen LogP contribution in [0, 0.1) is 6.92 Å². The fourth-order valence-corrected chi connectivity index (χ4v) is 1.37. The van der Waals surface area contributed by atoms with Gasteiger partial charge < -0.3 is 11.1 Å². The molecule has 0 spiro atoms. The number of rotatable bonds is 5. The summed E-state index contributed by atoms with van der Waals surface area (Å²) in [5, 5.41) is 7.57. The Labute approximate surface area is 85.5 Å². The summed E-state index contributed by atoms with van der Waals surface area (Å²) in [4.78, 5) is 0. The predicted octanol–water partition coefficient (Wildman–Crippen LogP) is 1.27. The van der Waals surface area contributed by atoms with E-state index in [1.807, 2.05) is 24.7 Å². The molecule has 4 heteroatoms. The maximum atomic E-state index is 5.82. The number of nitrogens with zero attached hydrogens (tertiary/aromatic N) is 2. The van der Waals surface area contributed by atoms with E-state index in [9.17, 15) is 0 Å². The molecule has 1 aromatic rings. The van der Waals surface area contributed by atoms with Gasteiger partial charge in [-0.3, -0.25) is 4.68 Å². The Morgan fingerprint density at radius 2 is 2.36 bits per heavy atom. The van der Waals surface area contributed by atoms with Crippen molar-refractivity contribution in [3.05, 3.63) is 11.8 Å². The number of nitrogens with two attached hydrogens (primary N) is 1. The maximum Gasteiger partial charge on any atom is 0.124 e. The van der Waals surface area contributed by atoms with Crippen LogP contribution in [0.4, 0.5) is 5.82 Å². The highest BCUT2D eigenvalue weighted by Gasteiger charge is 2.02. The molecule has 1 atom stereocenters. The highest BCUT2D eigenvalue weighted by Crippen LogP contribution is 2.07. The van der Waals surface area contributed by atoms with E-state index in [1.165, 1.54) is 0 Å². The molecule has 1 rings (SSSR count). The third-order valence-corrected chi connectivity index (χ3v) is 2.35. The van der Waals surface area contributed by atoms with Gasteiger partial charge in [0.05, 0.1) is 5.69 Å². The molecule has 0 aromatic carbocycles. The summed E-state index contributed by atoms with van der Waals surface area (Å²) < 4.78 is 1.85. The summed E-state index contributed by atoms with van der Waals surface area (Å²) in [6.45, 7) is 5.01. The summed E-state index contributed by atoms with van der Waals surface area (Å²) in [5.74, 6) is 1.06. The topological polar surface area (TPSA) is 55.9 Å². The van der Waals surface area contributed by atoms with Crippen LogP contribution in [0.1, 0.15) is 25.5 Å². The van der Waals surface area contributed by atoms with Gasteiger partial charge in [-0.15, -0.1) is 0 Å². The van der Waals surface area contributed by atoms with Gasteiger partial charge in [0, 0.05) is 25.7 Å². The Bertz CT molecular complexity index is 280. The van der Waals surface area contributed by atoms with Gasteiger partial charge in [0.1, 0.15) is 5.82 Å². The van der Waals surface area contributed by atoms with Gasteiger partial charge >= 0.3 is 0 Å². The predicted molar refractivity (Wildman–Crippen MR) is 59.3 cm³/mol. The van der Waals surface area contributed by atoms with E-state index in [1.54, 1.807) is 0 Å². The molecule has 4 nitrogen and oxygen atoms in total. The number of aromatic nitrogens is 2. The minimum absolute atomic E-state index is 0.303. The average Bonchev–Trinajstić information content (AvgIpc) is 2.45. The van der Waals surface area contributed by atoms with Gasteiger partial charge in [0.15, 0.2) is 0 Å². The summed E-state index contributed by atoms with van der Waals surface area (Å²) in [5.41, 5.74) is 6.85. The van der Waals surface area contributed by atoms with Crippen molar-refractivity contribution in [3.8, 4) is 0 Å². The molecule has 0 fully saturated rings. The van der Waals surface area contributed by atoms with Gasteiger partial charge in [-0.25, -0.2) is 0 Å². The van der Waals surface area contributed by atoms with Crippen molar-refractivity contribution in [2.75, 3.05) is 11.9 Å².